The van der Waals surface area contributed by atoms with Gasteiger partial charge in [0, 0.05) is 19.0 Å². The zero-order valence-corrected chi connectivity index (χ0v) is 13.8. The largest absolute Gasteiger partial charge is 0.383 e. The molecule has 0 unspecified atom stereocenters. The third-order valence-electron chi connectivity index (χ3n) is 3.78. The molecule has 0 fully saturated rings. The molecular weight excluding hydrogens is 292 g/mol. The first kappa shape index (κ1) is 15.6. The zero-order valence-electron chi connectivity index (χ0n) is 13.8. The maximum Gasteiger partial charge on any atom is 0.230 e. The second kappa shape index (κ2) is 6.89. The number of rotatable bonds is 4. The van der Waals surface area contributed by atoms with Crippen molar-refractivity contribution in [3.63, 3.8) is 0 Å². The van der Waals surface area contributed by atoms with E-state index in [9.17, 15) is 0 Å². The van der Waals surface area contributed by atoms with Crippen molar-refractivity contribution in [3.8, 4) is 0 Å². The normalized spacial score (nSPS) is 15.3. The number of methoxy groups -OCH3 is 1. The summed E-state index contributed by atoms with van der Waals surface area (Å²) in [6.07, 6.45) is 0. The fourth-order valence-electron chi connectivity index (χ4n) is 2.47. The summed E-state index contributed by atoms with van der Waals surface area (Å²) in [4.78, 5) is 15.7. The highest BCUT2D eigenvalue weighted by Crippen LogP contribution is 2.18. The van der Waals surface area contributed by atoms with Gasteiger partial charge >= 0.3 is 0 Å². The van der Waals surface area contributed by atoms with Gasteiger partial charge in [-0.3, -0.25) is 10.2 Å². The molecule has 2 aromatic rings. The van der Waals surface area contributed by atoms with Crippen molar-refractivity contribution in [2.45, 2.75) is 13.8 Å². The average Bonchev–Trinajstić information content (AvgIpc) is 2.55. The monoisotopic (exact) mass is 314 g/mol. The summed E-state index contributed by atoms with van der Waals surface area (Å²) in [5.74, 6) is 1.26. The Morgan fingerprint density at radius 2 is 2.17 bits per heavy atom. The van der Waals surface area contributed by atoms with Gasteiger partial charge in [0.05, 0.1) is 31.2 Å². The number of anilines is 1. The van der Waals surface area contributed by atoms with E-state index in [1.54, 1.807) is 7.11 Å². The summed E-state index contributed by atoms with van der Waals surface area (Å²) < 4.78 is 5.08. The first-order valence-electron chi connectivity index (χ1n) is 7.67. The van der Waals surface area contributed by atoms with Crippen LogP contribution in [0.3, 0.4) is 0 Å². The number of hydrogen-bond donors (Lipinski definition) is 2. The highest BCUT2D eigenvalue weighted by Gasteiger charge is 2.13. The summed E-state index contributed by atoms with van der Waals surface area (Å²) >= 11 is 0. The van der Waals surface area contributed by atoms with Crippen LogP contribution in [0.2, 0.25) is 0 Å². The molecule has 0 bridgehead atoms. The minimum Gasteiger partial charge on any atom is -0.383 e. The van der Waals surface area contributed by atoms with E-state index in [1.807, 2.05) is 13.0 Å². The Hall–Kier alpha value is -2.25. The van der Waals surface area contributed by atoms with Crippen LogP contribution >= 0.6 is 0 Å². The van der Waals surface area contributed by atoms with E-state index in [1.165, 1.54) is 5.56 Å². The molecule has 1 aromatic carbocycles. The first-order valence-corrected chi connectivity index (χ1v) is 7.67. The zero-order chi connectivity index (χ0) is 16.2. The van der Waals surface area contributed by atoms with E-state index in [4.69, 9.17) is 4.74 Å². The highest BCUT2D eigenvalue weighted by molar-refractivity contribution is 5.93. The van der Waals surface area contributed by atoms with Crippen LogP contribution in [0.5, 0.6) is 0 Å². The number of aryl methyl sites for hydroxylation is 2. The van der Waals surface area contributed by atoms with Crippen LogP contribution in [0.25, 0.3) is 10.9 Å². The van der Waals surface area contributed by atoms with Crippen LogP contribution in [0.4, 0.5) is 5.95 Å². The Bertz CT molecular complexity index is 730. The van der Waals surface area contributed by atoms with Crippen molar-refractivity contribution in [2.24, 2.45) is 4.99 Å². The number of nitrogens with one attached hydrogen (secondary N) is 2. The van der Waals surface area contributed by atoms with Crippen LogP contribution in [-0.4, -0.2) is 54.4 Å². The van der Waals surface area contributed by atoms with Gasteiger partial charge in [0.1, 0.15) is 0 Å². The standard InChI is InChI=1S/C16H22N6O/c1-11-4-5-14-13(8-11)12(2)19-16(20-14)21-15-17-9-22(10-18-15)6-7-23-3/h4-5,8H,6-7,9-10H2,1-3H3,(H2,17,18,19,20,21). The minimum atomic E-state index is 0.565. The predicted molar refractivity (Wildman–Crippen MR) is 91.5 cm³/mol. The molecule has 1 aliphatic rings. The van der Waals surface area contributed by atoms with Crippen LogP contribution < -0.4 is 10.6 Å². The van der Waals surface area contributed by atoms with Crippen LogP contribution in [0.15, 0.2) is 23.2 Å². The lowest BCUT2D eigenvalue weighted by molar-refractivity contribution is 0.145. The third kappa shape index (κ3) is 3.75. The molecule has 7 nitrogen and oxygen atoms in total. The van der Waals surface area contributed by atoms with Gasteiger partial charge in [-0.25, -0.2) is 15.0 Å². The molecule has 0 radical (unpaired) electrons. The molecule has 0 spiro atoms. The van der Waals surface area contributed by atoms with Crippen molar-refractivity contribution in [3.05, 3.63) is 29.5 Å². The highest BCUT2D eigenvalue weighted by atomic mass is 16.5. The van der Waals surface area contributed by atoms with Crippen LogP contribution in [0, 0.1) is 13.8 Å². The third-order valence-corrected chi connectivity index (χ3v) is 3.78. The van der Waals surface area contributed by atoms with Crippen LogP contribution in [-0.2, 0) is 4.74 Å². The number of ether oxygens (including phenoxy) is 1. The number of guanidine groups is 1. The summed E-state index contributed by atoms with van der Waals surface area (Å²) in [5, 5.41) is 7.48. The number of aliphatic imine (C=N–C) groups is 1. The summed E-state index contributed by atoms with van der Waals surface area (Å²) in [5.41, 5.74) is 3.10. The molecule has 0 aliphatic carbocycles. The lowest BCUT2D eigenvalue weighted by Crippen LogP contribution is -2.46. The number of nitrogens with zero attached hydrogens (tertiary/aromatic N) is 4. The van der Waals surface area contributed by atoms with E-state index in [0.29, 0.717) is 25.2 Å². The average molecular weight is 314 g/mol. The topological polar surface area (TPSA) is 74.7 Å². The molecule has 122 valence electrons. The van der Waals surface area contributed by atoms with Gasteiger partial charge in [-0.1, -0.05) is 11.6 Å². The molecule has 2 N–H and O–H groups in total. The Morgan fingerprint density at radius 3 is 2.91 bits per heavy atom. The molecule has 3 rings (SSSR count). The molecule has 0 saturated heterocycles. The van der Waals surface area contributed by atoms with E-state index < -0.39 is 0 Å². The Balaban J connectivity index is 1.72. The van der Waals surface area contributed by atoms with Crippen molar-refractivity contribution in [2.75, 3.05) is 38.9 Å². The molecule has 2 heterocycles. The lowest BCUT2D eigenvalue weighted by Gasteiger charge is -2.26. The van der Waals surface area contributed by atoms with Crippen molar-refractivity contribution in [1.82, 2.24) is 20.2 Å². The molecule has 23 heavy (non-hydrogen) atoms. The van der Waals surface area contributed by atoms with E-state index >= 15 is 0 Å². The van der Waals surface area contributed by atoms with Gasteiger partial charge in [0.25, 0.3) is 0 Å². The molecule has 1 aromatic heterocycles. The van der Waals surface area contributed by atoms with E-state index in [0.717, 1.165) is 29.8 Å². The van der Waals surface area contributed by atoms with Crippen molar-refractivity contribution >= 4 is 22.8 Å². The summed E-state index contributed by atoms with van der Waals surface area (Å²) in [7, 11) is 1.70. The van der Waals surface area contributed by atoms with Gasteiger partial charge in [-0.05, 0) is 26.0 Å². The number of fused-ring (bicyclic) bond motifs is 1. The molecule has 0 saturated carbocycles. The van der Waals surface area contributed by atoms with Gasteiger partial charge in [-0.15, -0.1) is 0 Å². The second-order valence-electron chi connectivity index (χ2n) is 5.65. The van der Waals surface area contributed by atoms with Crippen LogP contribution in [0.1, 0.15) is 11.3 Å². The smallest absolute Gasteiger partial charge is 0.230 e. The SMILES string of the molecule is COCCN1CN=C(Nc2nc(C)c3cc(C)ccc3n2)NC1. The Kier molecular flexibility index (Phi) is 4.68. The van der Waals surface area contributed by atoms with E-state index in [-0.39, 0.29) is 0 Å². The second-order valence-corrected chi connectivity index (χ2v) is 5.65. The van der Waals surface area contributed by atoms with Gasteiger partial charge in [0.15, 0.2) is 0 Å². The first-order chi connectivity index (χ1) is 11.2. The number of hydrogen-bond acceptors (Lipinski definition) is 7. The fraction of sp³-hybridized carbons (Fsp3) is 0.438. The summed E-state index contributed by atoms with van der Waals surface area (Å²) in [6, 6.07) is 6.19. The molecule has 7 heteroatoms. The molecular formula is C16H22N6O. The molecule has 0 amide bonds. The van der Waals surface area contributed by atoms with Gasteiger partial charge < -0.3 is 10.1 Å². The Morgan fingerprint density at radius 1 is 1.30 bits per heavy atom. The van der Waals surface area contributed by atoms with Gasteiger partial charge in [-0.2, -0.15) is 0 Å². The number of aromatic nitrogens is 2. The molecule has 0 atom stereocenters. The predicted octanol–water partition coefficient (Wildman–Crippen LogP) is 1.48. The lowest BCUT2D eigenvalue weighted by atomic mass is 10.1. The fourth-order valence-corrected chi connectivity index (χ4v) is 2.47. The quantitative estimate of drug-likeness (QED) is 0.890. The maximum atomic E-state index is 5.08. The Labute approximate surface area is 135 Å². The minimum absolute atomic E-state index is 0.565. The van der Waals surface area contributed by atoms with Gasteiger partial charge in [0.2, 0.25) is 11.9 Å². The number of benzene rings is 1. The van der Waals surface area contributed by atoms with E-state index in [2.05, 4.69) is 49.6 Å². The summed E-state index contributed by atoms with van der Waals surface area (Å²) in [6.45, 7) is 6.97. The maximum absolute atomic E-state index is 5.08. The molecule has 1 aliphatic heterocycles. The van der Waals surface area contributed by atoms with Crippen molar-refractivity contribution in [1.29, 1.82) is 0 Å². The van der Waals surface area contributed by atoms with Crippen molar-refractivity contribution < 1.29 is 4.74 Å².